The zero-order valence-electron chi connectivity index (χ0n) is 9.74. The van der Waals surface area contributed by atoms with Crippen molar-refractivity contribution in [2.45, 2.75) is 6.92 Å². The number of thiazole rings is 1. The van der Waals surface area contributed by atoms with Gasteiger partial charge in [0, 0.05) is 13.0 Å². The van der Waals surface area contributed by atoms with Gasteiger partial charge in [0.15, 0.2) is 10.9 Å². The Morgan fingerprint density at radius 2 is 2.05 bits per heavy atom. The first kappa shape index (κ1) is 13.3. The molecule has 1 amide bonds. The third kappa shape index (κ3) is 3.00. The highest BCUT2D eigenvalue weighted by Crippen LogP contribution is 2.20. The van der Waals surface area contributed by atoms with E-state index in [4.69, 9.17) is 0 Å². The minimum absolute atomic E-state index is 0.175. The van der Waals surface area contributed by atoms with Crippen molar-refractivity contribution in [1.29, 1.82) is 0 Å². The molecule has 1 N–H and O–H groups in total. The lowest BCUT2D eigenvalue weighted by Crippen LogP contribution is -2.13. The lowest BCUT2D eigenvalue weighted by Gasteiger charge is -2.02. The molecule has 0 saturated heterocycles. The molecule has 0 aliphatic heterocycles. The molecule has 0 fully saturated rings. The zero-order valence-corrected chi connectivity index (χ0v) is 10.6. The van der Waals surface area contributed by atoms with E-state index in [2.05, 4.69) is 10.3 Å². The minimum Gasteiger partial charge on any atom is -0.298 e. The van der Waals surface area contributed by atoms with Crippen LogP contribution in [0.15, 0.2) is 24.4 Å². The molecule has 4 nitrogen and oxygen atoms in total. The van der Waals surface area contributed by atoms with Gasteiger partial charge in [0.25, 0.3) is 5.91 Å². The fourth-order valence-electron chi connectivity index (χ4n) is 1.33. The molecule has 19 heavy (non-hydrogen) atoms. The lowest BCUT2D eigenvalue weighted by molar-refractivity contribution is 0.101. The summed E-state index contributed by atoms with van der Waals surface area (Å²) < 4.78 is 26.1. The van der Waals surface area contributed by atoms with Gasteiger partial charge < -0.3 is 0 Å². The number of hydrogen-bond acceptors (Lipinski definition) is 4. The lowest BCUT2D eigenvalue weighted by atomic mass is 10.2. The Balaban J connectivity index is 2.18. The second-order valence-corrected chi connectivity index (χ2v) is 4.69. The van der Waals surface area contributed by atoms with Crippen molar-refractivity contribution in [2.24, 2.45) is 0 Å². The number of aromatic nitrogens is 1. The second-order valence-electron chi connectivity index (χ2n) is 3.66. The van der Waals surface area contributed by atoms with E-state index < -0.39 is 17.5 Å². The molecule has 2 rings (SSSR count). The van der Waals surface area contributed by atoms with E-state index >= 15 is 0 Å². The van der Waals surface area contributed by atoms with Gasteiger partial charge in [-0.1, -0.05) is 11.3 Å². The first-order valence-corrected chi connectivity index (χ1v) is 6.02. The smallest absolute Gasteiger partial charge is 0.260 e. The van der Waals surface area contributed by atoms with Crippen molar-refractivity contribution in [3.63, 3.8) is 0 Å². The topological polar surface area (TPSA) is 59.1 Å². The molecule has 1 aromatic heterocycles. The number of benzene rings is 1. The number of ketones is 1. The van der Waals surface area contributed by atoms with Crippen molar-refractivity contribution in [3.05, 3.63) is 46.5 Å². The van der Waals surface area contributed by atoms with Crippen molar-refractivity contribution >= 4 is 28.2 Å². The molecule has 0 spiro atoms. The summed E-state index contributed by atoms with van der Waals surface area (Å²) in [5.41, 5.74) is -0.291. The minimum atomic E-state index is -0.958. The van der Waals surface area contributed by atoms with E-state index in [1.165, 1.54) is 13.1 Å². The van der Waals surface area contributed by atoms with Crippen LogP contribution in [0.2, 0.25) is 0 Å². The zero-order chi connectivity index (χ0) is 14.0. The van der Waals surface area contributed by atoms with E-state index in [1.54, 1.807) is 0 Å². The van der Waals surface area contributed by atoms with E-state index in [1.807, 2.05) is 0 Å². The molecule has 0 aliphatic rings. The summed E-state index contributed by atoms with van der Waals surface area (Å²) in [4.78, 5) is 27.0. The highest BCUT2D eigenvalue weighted by molar-refractivity contribution is 7.17. The number of nitrogens with one attached hydrogen (secondary N) is 1. The number of rotatable bonds is 3. The summed E-state index contributed by atoms with van der Waals surface area (Å²) >= 11 is 0.984. The van der Waals surface area contributed by atoms with Crippen molar-refractivity contribution < 1.29 is 18.4 Å². The maximum absolute atomic E-state index is 13.4. The SMILES string of the molecule is CC(=O)c1cnc(NC(=O)c2ccc(F)cc2F)s1. The Labute approximate surface area is 111 Å². The van der Waals surface area contributed by atoms with Crippen LogP contribution in [0.4, 0.5) is 13.9 Å². The fourth-order valence-corrected chi connectivity index (χ4v) is 2.04. The second kappa shape index (κ2) is 5.23. The predicted molar refractivity (Wildman–Crippen MR) is 66.4 cm³/mol. The summed E-state index contributed by atoms with van der Waals surface area (Å²) in [6, 6.07) is 2.65. The van der Waals surface area contributed by atoms with Crippen LogP contribution in [-0.4, -0.2) is 16.7 Å². The normalized spacial score (nSPS) is 10.3. The van der Waals surface area contributed by atoms with Gasteiger partial charge in [-0.3, -0.25) is 14.9 Å². The van der Waals surface area contributed by atoms with Gasteiger partial charge in [0.05, 0.1) is 16.6 Å². The Kier molecular flexibility index (Phi) is 3.66. The third-order valence-corrected chi connectivity index (χ3v) is 3.26. The molecule has 0 saturated carbocycles. The fraction of sp³-hybridized carbons (Fsp3) is 0.0833. The molecular formula is C12H8F2N2O2S. The molecule has 2 aromatic rings. The molecule has 0 unspecified atom stereocenters. The average Bonchev–Trinajstić information content (AvgIpc) is 2.77. The quantitative estimate of drug-likeness (QED) is 0.881. The molecule has 7 heteroatoms. The van der Waals surface area contributed by atoms with Crippen LogP contribution >= 0.6 is 11.3 Å². The van der Waals surface area contributed by atoms with Gasteiger partial charge in [-0.15, -0.1) is 0 Å². The number of Topliss-reactive ketones (excluding diaryl/α,β-unsaturated/α-hetero) is 1. The first-order chi connectivity index (χ1) is 8.97. The van der Waals surface area contributed by atoms with Crippen molar-refractivity contribution in [1.82, 2.24) is 4.98 Å². The molecule has 0 aliphatic carbocycles. The summed E-state index contributed by atoms with van der Waals surface area (Å²) in [6.07, 6.45) is 1.32. The molecule has 0 atom stereocenters. The van der Waals surface area contributed by atoms with Gasteiger partial charge >= 0.3 is 0 Å². The average molecular weight is 282 g/mol. The largest absolute Gasteiger partial charge is 0.298 e. The van der Waals surface area contributed by atoms with E-state index in [0.717, 1.165) is 23.5 Å². The van der Waals surface area contributed by atoms with E-state index in [9.17, 15) is 18.4 Å². The number of carbonyl (C=O) groups excluding carboxylic acids is 2. The third-order valence-electron chi connectivity index (χ3n) is 2.25. The van der Waals surface area contributed by atoms with Crippen LogP contribution in [0.5, 0.6) is 0 Å². The molecule has 0 bridgehead atoms. The molecule has 1 aromatic carbocycles. The number of carbonyl (C=O) groups is 2. The standard InChI is InChI=1S/C12H8F2N2O2S/c1-6(17)10-5-15-12(19-10)16-11(18)8-3-2-7(13)4-9(8)14/h2-5H,1H3,(H,15,16,18). The monoisotopic (exact) mass is 282 g/mol. The summed E-state index contributed by atoms with van der Waals surface area (Å²) in [5, 5.41) is 2.53. The van der Waals surface area contributed by atoms with Gasteiger partial charge in [0.1, 0.15) is 11.6 Å². The Hall–Kier alpha value is -2.15. The van der Waals surface area contributed by atoms with Crippen LogP contribution in [0.1, 0.15) is 27.0 Å². The molecular weight excluding hydrogens is 274 g/mol. The molecule has 98 valence electrons. The van der Waals surface area contributed by atoms with Gasteiger partial charge in [-0.2, -0.15) is 0 Å². The first-order valence-electron chi connectivity index (χ1n) is 5.20. The van der Waals surface area contributed by atoms with Gasteiger partial charge in [0.2, 0.25) is 0 Å². The maximum atomic E-state index is 13.4. The highest BCUT2D eigenvalue weighted by Gasteiger charge is 2.14. The summed E-state index contributed by atoms with van der Waals surface area (Å²) in [7, 11) is 0. The van der Waals surface area contributed by atoms with Crippen molar-refractivity contribution in [2.75, 3.05) is 5.32 Å². The summed E-state index contributed by atoms with van der Waals surface area (Å²) in [6.45, 7) is 1.37. The Morgan fingerprint density at radius 3 is 2.63 bits per heavy atom. The van der Waals surface area contributed by atoms with Gasteiger partial charge in [-0.05, 0) is 12.1 Å². The molecule has 0 radical (unpaired) electrons. The predicted octanol–water partition coefficient (Wildman–Crippen LogP) is 2.88. The Bertz CT molecular complexity index is 655. The van der Waals surface area contributed by atoms with Crippen LogP contribution in [0.3, 0.4) is 0 Å². The number of halogens is 2. The van der Waals surface area contributed by atoms with Gasteiger partial charge in [-0.25, -0.2) is 13.8 Å². The highest BCUT2D eigenvalue weighted by atomic mass is 32.1. The van der Waals surface area contributed by atoms with E-state index in [-0.39, 0.29) is 16.5 Å². The number of amides is 1. The van der Waals surface area contributed by atoms with Crippen LogP contribution in [0.25, 0.3) is 0 Å². The molecule has 1 heterocycles. The number of hydrogen-bond donors (Lipinski definition) is 1. The van der Waals surface area contributed by atoms with Crippen LogP contribution in [-0.2, 0) is 0 Å². The van der Waals surface area contributed by atoms with Crippen LogP contribution in [0, 0.1) is 11.6 Å². The maximum Gasteiger partial charge on any atom is 0.260 e. The number of anilines is 1. The van der Waals surface area contributed by atoms with E-state index in [0.29, 0.717) is 10.9 Å². The summed E-state index contributed by atoms with van der Waals surface area (Å²) in [5.74, 6) is -2.64. The van der Waals surface area contributed by atoms with Crippen LogP contribution < -0.4 is 5.32 Å². The van der Waals surface area contributed by atoms with Crippen molar-refractivity contribution in [3.8, 4) is 0 Å². The Morgan fingerprint density at radius 1 is 1.32 bits per heavy atom. The number of nitrogens with zero attached hydrogens (tertiary/aromatic N) is 1.